The second kappa shape index (κ2) is 5.50. The van der Waals surface area contributed by atoms with Crippen LogP contribution in [0, 0.1) is 0 Å². The number of anilines is 1. The summed E-state index contributed by atoms with van der Waals surface area (Å²) in [7, 11) is -3.53. The van der Waals surface area contributed by atoms with Crippen LogP contribution in [0.3, 0.4) is 0 Å². The fourth-order valence-electron chi connectivity index (χ4n) is 1.28. The van der Waals surface area contributed by atoms with Gasteiger partial charge in [-0.2, -0.15) is 0 Å². The molecule has 0 bridgehead atoms. The largest absolute Gasteiger partial charge is 0.368 e. The van der Waals surface area contributed by atoms with Crippen LogP contribution in [0.5, 0.6) is 0 Å². The summed E-state index contributed by atoms with van der Waals surface area (Å²) in [6.07, 6.45) is 0. The Labute approximate surface area is 109 Å². The summed E-state index contributed by atoms with van der Waals surface area (Å²) >= 11 is 3.25. The number of carbonyl (C=O) groups excluding carboxylic acids is 1. The number of primary amides is 1. The smallest absolute Gasteiger partial charge is 0.238 e. The van der Waals surface area contributed by atoms with E-state index in [0.717, 1.165) is 4.31 Å². The van der Waals surface area contributed by atoms with Crippen molar-refractivity contribution in [2.75, 3.05) is 16.6 Å². The van der Waals surface area contributed by atoms with Crippen LogP contribution in [-0.2, 0) is 14.8 Å². The molecule has 1 rings (SSSR count). The van der Waals surface area contributed by atoms with Crippen molar-refractivity contribution in [1.29, 1.82) is 0 Å². The molecular weight excluding hydrogens is 308 g/mol. The minimum absolute atomic E-state index is 0.0956. The number of nitrogens with two attached hydrogens (primary N) is 1. The van der Waals surface area contributed by atoms with Crippen molar-refractivity contribution < 1.29 is 13.2 Å². The third-order valence-corrected chi connectivity index (χ3v) is 4.52. The van der Waals surface area contributed by atoms with Gasteiger partial charge in [-0.15, -0.1) is 0 Å². The molecule has 17 heavy (non-hydrogen) atoms. The van der Waals surface area contributed by atoms with E-state index >= 15 is 0 Å². The lowest BCUT2D eigenvalue weighted by Crippen LogP contribution is -2.39. The van der Waals surface area contributed by atoms with E-state index in [1.165, 1.54) is 6.92 Å². The van der Waals surface area contributed by atoms with Crippen LogP contribution in [0.4, 0.5) is 5.69 Å². The van der Waals surface area contributed by atoms with Crippen LogP contribution < -0.4 is 10.0 Å². The zero-order chi connectivity index (χ0) is 13.1. The first-order valence-corrected chi connectivity index (χ1v) is 7.32. The van der Waals surface area contributed by atoms with E-state index in [0.29, 0.717) is 10.2 Å². The van der Waals surface area contributed by atoms with Crippen molar-refractivity contribution in [3.8, 4) is 0 Å². The van der Waals surface area contributed by atoms with E-state index in [9.17, 15) is 13.2 Å². The second-order valence-electron chi connectivity index (χ2n) is 3.32. The molecule has 0 aromatic heterocycles. The number of benzene rings is 1. The molecule has 5 nitrogen and oxygen atoms in total. The van der Waals surface area contributed by atoms with Gasteiger partial charge in [0.15, 0.2) is 0 Å². The van der Waals surface area contributed by atoms with E-state index in [1.54, 1.807) is 24.3 Å². The Morgan fingerprint density at radius 2 is 2.00 bits per heavy atom. The van der Waals surface area contributed by atoms with Crippen molar-refractivity contribution in [2.45, 2.75) is 6.92 Å². The number of rotatable bonds is 5. The Hall–Kier alpha value is -1.08. The summed E-state index contributed by atoms with van der Waals surface area (Å²) in [6, 6.07) is 6.77. The van der Waals surface area contributed by atoms with Gasteiger partial charge in [0.05, 0.1) is 11.4 Å². The maximum Gasteiger partial charge on any atom is 0.238 e. The molecule has 0 atom stereocenters. The average Bonchev–Trinajstić information content (AvgIpc) is 2.26. The lowest BCUT2D eigenvalue weighted by Gasteiger charge is -2.23. The van der Waals surface area contributed by atoms with Gasteiger partial charge in [0, 0.05) is 4.47 Å². The van der Waals surface area contributed by atoms with E-state index in [-0.39, 0.29) is 12.3 Å². The minimum Gasteiger partial charge on any atom is -0.368 e. The van der Waals surface area contributed by atoms with Gasteiger partial charge in [0.2, 0.25) is 15.9 Å². The molecule has 7 heteroatoms. The molecule has 0 saturated carbocycles. The van der Waals surface area contributed by atoms with Gasteiger partial charge in [-0.05, 0) is 35.0 Å². The molecule has 0 radical (unpaired) electrons. The van der Waals surface area contributed by atoms with Gasteiger partial charge in [-0.3, -0.25) is 9.10 Å². The number of hydrogen-bond acceptors (Lipinski definition) is 3. The molecule has 0 spiro atoms. The number of hydrogen-bond donors (Lipinski definition) is 1. The van der Waals surface area contributed by atoms with Gasteiger partial charge in [-0.1, -0.05) is 12.1 Å². The second-order valence-corrected chi connectivity index (χ2v) is 6.36. The maximum absolute atomic E-state index is 11.9. The molecule has 1 aromatic rings. The minimum atomic E-state index is -3.53. The number of nitrogens with zero attached hydrogens (tertiary/aromatic N) is 1. The molecule has 0 aliphatic heterocycles. The molecule has 0 unspecified atom stereocenters. The molecule has 94 valence electrons. The fourth-order valence-corrected chi connectivity index (χ4v) is 3.00. The Balaban J connectivity index is 3.25. The zero-order valence-electron chi connectivity index (χ0n) is 9.26. The normalized spacial score (nSPS) is 11.2. The highest BCUT2D eigenvalue weighted by molar-refractivity contribution is 9.10. The third-order valence-electron chi connectivity index (χ3n) is 2.12. The molecule has 0 aliphatic carbocycles. The van der Waals surface area contributed by atoms with Crippen LogP contribution in [-0.4, -0.2) is 26.6 Å². The summed E-state index contributed by atoms with van der Waals surface area (Å²) in [5, 5.41) is 0. The molecule has 1 aromatic carbocycles. The highest BCUT2D eigenvalue weighted by atomic mass is 79.9. The van der Waals surface area contributed by atoms with E-state index in [4.69, 9.17) is 5.73 Å². The predicted molar refractivity (Wildman–Crippen MR) is 70.1 cm³/mol. The van der Waals surface area contributed by atoms with Crippen LogP contribution >= 0.6 is 15.9 Å². The lowest BCUT2D eigenvalue weighted by molar-refractivity contribution is -0.116. The van der Waals surface area contributed by atoms with Gasteiger partial charge >= 0.3 is 0 Å². The number of carbonyl (C=O) groups is 1. The summed E-state index contributed by atoms with van der Waals surface area (Å²) < 4.78 is 25.4. The number of para-hydroxylation sites is 1. The van der Waals surface area contributed by atoms with Gasteiger partial charge in [-0.25, -0.2) is 8.42 Å². The van der Waals surface area contributed by atoms with Crippen LogP contribution in [0.2, 0.25) is 0 Å². The Kier molecular flexibility index (Phi) is 4.53. The van der Waals surface area contributed by atoms with E-state index in [2.05, 4.69) is 15.9 Å². The van der Waals surface area contributed by atoms with E-state index in [1.807, 2.05) is 0 Å². The van der Waals surface area contributed by atoms with Crippen molar-refractivity contribution >= 4 is 37.5 Å². The van der Waals surface area contributed by atoms with Crippen molar-refractivity contribution in [2.24, 2.45) is 5.73 Å². The Bertz CT molecular complexity index is 516. The van der Waals surface area contributed by atoms with Crippen LogP contribution in [0.25, 0.3) is 0 Å². The fraction of sp³-hybridized carbons (Fsp3) is 0.300. The molecule has 1 amide bonds. The topological polar surface area (TPSA) is 80.5 Å². The molecular formula is C10H13BrN2O3S. The van der Waals surface area contributed by atoms with Crippen LogP contribution in [0.1, 0.15) is 6.92 Å². The third kappa shape index (κ3) is 3.44. The quantitative estimate of drug-likeness (QED) is 0.881. The van der Waals surface area contributed by atoms with E-state index < -0.39 is 15.9 Å². The lowest BCUT2D eigenvalue weighted by atomic mass is 10.3. The molecule has 2 N–H and O–H groups in total. The summed E-state index contributed by atoms with van der Waals surface area (Å²) in [6.45, 7) is 1.15. The highest BCUT2D eigenvalue weighted by Gasteiger charge is 2.23. The average molecular weight is 321 g/mol. The highest BCUT2D eigenvalue weighted by Crippen LogP contribution is 2.27. The predicted octanol–water partition coefficient (Wildman–Crippen LogP) is 1.09. The monoisotopic (exact) mass is 320 g/mol. The standard InChI is InChI=1S/C10H13BrN2O3S/c1-2-17(15,16)13(7-10(12)14)9-6-4-3-5-8(9)11/h3-6H,2,7H2,1H3,(H2,12,14). The van der Waals surface area contributed by atoms with Crippen LogP contribution in [0.15, 0.2) is 28.7 Å². The van der Waals surface area contributed by atoms with Gasteiger partial charge < -0.3 is 5.73 Å². The first-order chi connectivity index (χ1) is 7.88. The Morgan fingerprint density at radius 3 is 2.47 bits per heavy atom. The molecule has 0 saturated heterocycles. The molecule has 0 fully saturated rings. The number of amides is 1. The number of sulfonamides is 1. The van der Waals surface area contributed by atoms with Gasteiger partial charge in [0.1, 0.15) is 6.54 Å². The first-order valence-electron chi connectivity index (χ1n) is 4.91. The number of halogens is 1. The van der Waals surface area contributed by atoms with Gasteiger partial charge in [0.25, 0.3) is 0 Å². The molecule has 0 heterocycles. The summed E-state index contributed by atoms with van der Waals surface area (Å²) in [5.41, 5.74) is 5.48. The SMILES string of the molecule is CCS(=O)(=O)N(CC(N)=O)c1ccccc1Br. The summed E-state index contributed by atoms with van der Waals surface area (Å²) in [5.74, 6) is -0.792. The first kappa shape index (κ1) is 14.0. The Morgan fingerprint density at radius 1 is 1.41 bits per heavy atom. The molecule has 0 aliphatic rings. The van der Waals surface area contributed by atoms with Crippen molar-refractivity contribution in [3.63, 3.8) is 0 Å². The van der Waals surface area contributed by atoms with Crippen molar-refractivity contribution in [3.05, 3.63) is 28.7 Å². The van der Waals surface area contributed by atoms with Crippen molar-refractivity contribution in [1.82, 2.24) is 0 Å². The maximum atomic E-state index is 11.9. The zero-order valence-corrected chi connectivity index (χ0v) is 11.7. The summed E-state index contributed by atoms with van der Waals surface area (Å²) in [4.78, 5) is 11.0.